The average Bonchev–Trinajstić information content (AvgIpc) is 2.58. The third-order valence-electron chi connectivity index (χ3n) is 3.10. The van der Waals surface area contributed by atoms with Gasteiger partial charge in [-0.15, -0.1) is 0 Å². The van der Waals surface area contributed by atoms with Gasteiger partial charge in [0.1, 0.15) is 5.75 Å². The SMILES string of the molecule is O=C(CCNC(=O)Nc1ccc(Br)cc1)Nc1ccc(OC(F)F)cc1. The average molecular weight is 428 g/mol. The first-order valence-electron chi connectivity index (χ1n) is 7.57. The molecule has 2 aromatic carbocycles. The van der Waals surface area contributed by atoms with Crippen molar-refractivity contribution in [2.24, 2.45) is 0 Å². The van der Waals surface area contributed by atoms with Crippen LogP contribution in [0.1, 0.15) is 6.42 Å². The van der Waals surface area contributed by atoms with E-state index in [-0.39, 0.29) is 24.6 Å². The minimum Gasteiger partial charge on any atom is -0.435 e. The minimum atomic E-state index is -2.90. The highest BCUT2D eigenvalue weighted by atomic mass is 79.9. The first kappa shape index (κ1) is 19.6. The summed E-state index contributed by atoms with van der Waals surface area (Å²) in [6, 6.07) is 12.2. The third-order valence-corrected chi connectivity index (χ3v) is 3.63. The van der Waals surface area contributed by atoms with Gasteiger partial charge in [0, 0.05) is 28.8 Å². The van der Waals surface area contributed by atoms with Crippen LogP contribution in [0.25, 0.3) is 0 Å². The molecule has 9 heteroatoms. The number of halogens is 3. The molecular weight excluding hydrogens is 412 g/mol. The van der Waals surface area contributed by atoms with Gasteiger partial charge in [-0.2, -0.15) is 8.78 Å². The molecule has 0 unspecified atom stereocenters. The molecule has 6 nitrogen and oxygen atoms in total. The second-order valence-corrected chi connectivity index (χ2v) is 6.00. The highest BCUT2D eigenvalue weighted by Crippen LogP contribution is 2.17. The Morgan fingerprint density at radius 1 is 0.962 bits per heavy atom. The zero-order valence-electron chi connectivity index (χ0n) is 13.5. The Labute approximate surface area is 157 Å². The highest BCUT2D eigenvalue weighted by Gasteiger charge is 2.07. The van der Waals surface area contributed by atoms with Crippen LogP contribution in [0, 0.1) is 0 Å². The van der Waals surface area contributed by atoms with Crippen molar-refractivity contribution in [2.45, 2.75) is 13.0 Å². The van der Waals surface area contributed by atoms with Crippen molar-refractivity contribution < 1.29 is 23.1 Å². The van der Waals surface area contributed by atoms with E-state index in [2.05, 4.69) is 36.6 Å². The van der Waals surface area contributed by atoms with Crippen molar-refractivity contribution in [1.82, 2.24) is 5.32 Å². The number of carbonyl (C=O) groups is 2. The van der Waals surface area contributed by atoms with Crippen LogP contribution >= 0.6 is 15.9 Å². The fraction of sp³-hybridized carbons (Fsp3) is 0.176. The lowest BCUT2D eigenvalue weighted by atomic mass is 10.3. The summed E-state index contributed by atoms with van der Waals surface area (Å²) in [5.74, 6) is -0.319. The van der Waals surface area contributed by atoms with E-state index < -0.39 is 12.6 Å². The molecule has 0 fully saturated rings. The molecular formula is C17H16BrF2N3O3. The van der Waals surface area contributed by atoms with Gasteiger partial charge in [0.25, 0.3) is 0 Å². The van der Waals surface area contributed by atoms with E-state index in [1.807, 2.05) is 0 Å². The molecule has 26 heavy (non-hydrogen) atoms. The molecule has 138 valence electrons. The van der Waals surface area contributed by atoms with E-state index in [4.69, 9.17) is 0 Å². The Balaban J connectivity index is 1.69. The Hall–Kier alpha value is -2.68. The van der Waals surface area contributed by atoms with Gasteiger partial charge in [0.2, 0.25) is 5.91 Å². The zero-order valence-corrected chi connectivity index (χ0v) is 15.1. The predicted molar refractivity (Wildman–Crippen MR) is 97.5 cm³/mol. The monoisotopic (exact) mass is 427 g/mol. The largest absolute Gasteiger partial charge is 0.435 e. The predicted octanol–water partition coefficient (Wildman–Crippen LogP) is 4.20. The fourth-order valence-electron chi connectivity index (χ4n) is 1.94. The number of rotatable bonds is 7. The van der Waals surface area contributed by atoms with Gasteiger partial charge in [-0.05, 0) is 48.5 Å². The van der Waals surface area contributed by atoms with Crippen molar-refractivity contribution in [3.8, 4) is 5.75 Å². The smallest absolute Gasteiger partial charge is 0.387 e. The lowest BCUT2D eigenvalue weighted by molar-refractivity contribution is -0.116. The maximum Gasteiger partial charge on any atom is 0.387 e. The summed E-state index contributed by atoms with van der Waals surface area (Å²) >= 11 is 3.30. The second-order valence-electron chi connectivity index (χ2n) is 5.09. The number of urea groups is 1. The van der Waals surface area contributed by atoms with Crippen LogP contribution in [-0.2, 0) is 4.79 Å². The van der Waals surface area contributed by atoms with Crippen LogP contribution in [0.15, 0.2) is 53.0 Å². The second kappa shape index (κ2) is 9.71. The number of anilines is 2. The molecule has 0 atom stereocenters. The topological polar surface area (TPSA) is 79.5 Å². The molecule has 0 heterocycles. The van der Waals surface area contributed by atoms with E-state index >= 15 is 0 Å². The lowest BCUT2D eigenvalue weighted by Crippen LogP contribution is -2.31. The Morgan fingerprint density at radius 3 is 2.15 bits per heavy atom. The van der Waals surface area contributed by atoms with Crippen LogP contribution < -0.4 is 20.7 Å². The Bertz CT molecular complexity index is 740. The number of carbonyl (C=O) groups excluding carboxylic acids is 2. The molecule has 0 spiro atoms. The summed E-state index contributed by atoms with van der Waals surface area (Å²) in [5.41, 5.74) is 1.07. The van der Waals surface area contributed by atoms with E-state index in [1.54, 1.807) is 24.3 Å². The molecule has 0 aliphatic heterocycles. The molecule has 0 bridgehead atoms. The Kier molecular flexibility index (Phi) is 7.34. The van der Waals surface area contributed by atoms with Crippen molar-refractivity contribution in [1.29, 1.82) is 0 Å². The van der Waals surface area contributed by atoms with Gasteiger partial charge >= 0.3 is 12.6 Å². The minimum absolute atomic E-state index is 0.00396. The first-order valence-corrected chi connectivity index (χ1v) is 8.37. The molecule has 3 N–H and O–H groups in total. The van der Waals surface area contributed by atoms with Gasteiger partial charge in [0.15, 0.2) is 0 Å². The van der Waals surface area contributed by atoms with Crippen LogP contribution in [0.3, 0.4) is 0 Å². The van der Waals surface area contributed by atoms with E-state index in [0.717, 1.165) is 4.47 Å². The van der Waals surface area contributed by atoms with Gasteiger partial charge in [-0.1, -0.05) is 15.9 Å². The molecule has 3 amide bonds. The molecule has 0 radical (unpaired) electrons. The number of amides is 3. The van der Waals surface area contributed by atoms with Gasteiger partial charge < -0.3 is 20.7 Å². The molecule has 2 rings (SSSR count). The maximum absolute atomic E-state index is 12.1. The number of hydrogen-bond acceptors (Lipinski definition) is 3. The summed E-state index contributed by atoms with van der Waals surface area (Å²) in [7, 11) is 0. The van der Waals surface area contributed by atoms with Crippen LogP contribution in [0.5, 0.6) is 5.75 Å². The van der Waals surface area contributed by atoms with E-state index in [9.17, 15) is 18.4 Å². The van der Waals surface area contributed by atoms with Crippen molar-refractivity contribution in [3.05, 3.63) is 53.0 Å². The normalized spacial score (nSPS) is 10.3. The molecule has 0 aliphatic rings. The quantitative estimate of drug-likeness (QED) is 0.619. The number of ether oxygens (including phenoxy) is 1. The summed E-state index contributed by atoms with van der Waals surface area (Å²) in [6.45, 7) is -2.76. The highest BCUT2D eigenvalue weighted by molar-refractivity contribution is 9.10. The standard InChI is InChI=1S/C17H16BrF2N3O3/c18-11-1-3-13(4-2-11)23-17(25)21-10-9-15(24)22-12-5-7-14(8-6-12)26-16(19)20/h1-8,16H,9-10H2,(H,22,24)(H2,21,23,25). The number of hydrogen-bond donors (Lipinski definition) is 3. The fourth-order valence-corrected chi connectivity index (χ4v) is 2.21. The first-order chi connectivity index (χ1) is 12.4. The molecule has 2 aromatic rings. The van der Waals surface area contributed by atoms with Crippen molar-refractivity contribution in [2.75, 3.05) is 17.2 Å². The number of nitrogens with one attached hydrogen (secondary N) is 3. The lowest BCUT2D eigenvalue weighted by Gasteiger charge is -2.09. The zero-order chi connectivity index (χ0) is 18.9. The van der Waals surface area contributed by atoms with Gasteiger partial charge in [-0.3, -0.25) is 4.79 Å². The summed E-state index contributed by atoms with van der Waals surface area (Å²) in [5, 5.41) is 7.80. The number of benzene rings is 2. The van der Waals surface area contributed by atoms with Gasteiger partial charge in [0.05, 0.1) is 0 Å². The summed E-state index contributed by atoms with van der Waals surface area (Å²) in [6.07, 6.45) is 0.0586. The van der Waals surface area contributed by atoms with Gasteiger partial charge in [-0.25, -0.2) is 4.79 Å². The van der Waals surface area contributed by atoms with Crippen LogP contribution in [0.4, 0.5) is 25.0 Å². The van der Waals surface area contributed by atoms with E-state index in [1.165, 1.54) is 24.3 Å². The third kappa shape index (κ3) is 7.06. The van der Waals surface area contributed by atoms with Crippen LogP contribution in [-0.4, -0.2) is 25.1 Å². The van der Waals surface area contributed by atoms with E-state index in [0.29, 0.717) is 11.4 Å². The number of alkyl halides is 2. The maximum atomic E-state index is 12.1. The molecule has 0 aliphatic carbocycles. The van der Waals surface area contributed by atoms with Crippen molar-refractivity contribution >= 4 is 39.2 Å². The van der Waals surface area contributed by atoms with Crippen molar-refractivity contribution in [3.63, 3.8) is 0 Å². The molecule has 0 aromatic heterocycles. The summed E-state index contributed by atoms with van der Waals surface area (Å²) in [4.78, 5) is 23.5. The van der Waals surface area contributed by atoms with Crippen LogP contribution in [0.2, 0.25) is 0 Å². The molecule has 0 saturated carbocycles. The Morgan fingerprint density at radius 2 is 1.54 bits per heavy atom. The summed E-state index contributed by atoms with van der Waals surface area (Å²) < 4.78 is 29.2. The molecule has 0 saturated heterocycles.